The molecule has 1 heterocycles. The molecule has 0 aromatic carbocycles. The summed E-state index contributed by atoms with van der Waals surface area (Å²) in [5, 5.41) is 17.4. The number of nitrogens with zero attached hydrogens (tertiary/aromatic N) is 2. The first kappa shape index (κ1) is 16.4. The molecule has 21 heavy (non-hydrogen) atoms. The topological polar surface area (TPSA) is 149 Å². The van der Waals surface area contributed by atoms with Gasteiger partial charge in [0.1, 0.15) is 6.04 Å². The number of anilines is 1. The largest absolute Gasteiger partial charge is 0.480 e. The lowest BCUT2D eigenvalue weighted by Gasteiger charge is -2.12. The molecule has 1 aromatic heterocycles. The second kappa shape index (κ2) is 7.85. The highest BCUT2D eigenvalue weighted by atomic mass is 16.5. The predicted octanol–water partition coefficient (Wildman–Crippen LogP) is -1.02. The van der Waals surface area contributed by atoms with Crippen molar-refractivity contribution in [2.24, 2.45) is 5.73 Å². The van der Waals surface area contributed by atoms with Crippen LogP contribution in [0.3, 0.4) is 0 Å². The molecule has 0 radical (unpaired) electrons. The summed E-state index contributed by atoms with van der Waals surface area (Å²) < 4.78 is 6.44. The molecule has 0 aliphatic carbocycles. The monoisotopic (exact) mass is 299 g/mol. The summed E-state index contributed by atoms with van der Waals surface area (Å²) in [5.74, 6) is -2.17. The number of aliphatic carboxylic acids is 1. The molecule has 0 fully saturated rings. The molecule has 0 unspecified atom stereocenters. The van der Waals surface area contributed by atoms with E-state index in [2.05, 4.69) is 15.7 Å². The van der Waals surface area contributed by atoms with Crippen molar-refractivity contribution in [3.8, 4) is 0 Å². The van der Waals surface area contributed by atoms with E-state index < -0.39 is 30.4 Å². The fourth-order valence-electron chi connectivity index (χ4n) is 1.46. The summed E-state index contributed by atoms with van der Waals surface area (Å²) in [5.41, 5.74) is 5.29. The summed E-state index contributed by atoms with van der Waals surface area (Å²) in [7, 11) is 1.56. The Hall–Kier alpha value is -2.62. The predicted molar refractivity (Wildman–Crippen MR) is 71.5 cm³/mol. The number of ether oxygens (including phenoxy) is 1. The van der Waals surface area contributed by atoms with Gasteiger partial charge in [-0.2, -0.15) is 5.10 Å². The Labute approximate surface area is 120 Å². The molecule has 3 amide bonds. The first-order chi connectivity index (χ1) is 9.92. The van der Waals surface area contributed by atoms with Crippen molar-refractivity contribution in [1.82, 2.24) is 15.1 Å². The van der Waals surface area contributed by atoms with E-state index >= 15 is 0 Å². The highest BCUT2D eigenvalue weighted by Crippen LogP contribution is 2.04. The van der Waals surface area contributed by atoms with Crippen molar-refractivity contribution >= 4 is 23.6 Å². The van der Waals surface area contributed by atoms with Crippen molar-refractivity contribution in [3.63, 3.8) is 0 Å². The van der Waals surface area contributed by atoms with Gasteiger partial charge >= 0.3 is 12.0 Å². The molecule has 0 aliphatic heterocycles. The number of methoxy groups -OCH3 is 1. The number of hydrogen-bond donors (Lipinski definition) is 4. The van der Waals surface area contributed by atoms with Crippen LogP contribution in [0, 0.1) is 0 Å². The number of rotatable bonds is 8. The number of carboxylic acid groups (broad SMARTS) is 1. The molecule has 10 heteroatoms. The molecular formula is C11H17N5O5. The quantitative estimate of drug-likeness (QED) is 0.482. The van der Waals surface area contributed by atoms with Crippen LogP contribution in [-0.2, 0) is 20.9 Å². The van der Waals surface area contributed by atoms with Crippen LogP contribution >= 0.6 is 0 Å². The summed E-state index contributed by atoms with van der Waals surface area (Å²) in [6.45, 7) is 0.978. The summed E-state index contributed by atoms with van der Waals surface area (Å²) >= 11 is 0. The van der Waals surface area contributed by atoms with E-state index in [1.165, 1.54) is 6.20 Å². The van der Waals surface area contributed by atoms with Gasteiger partial charge in [-0.25, -0.2) is 9.59 Å². The third kappa shape index (κ3) is 5.91. The fourth-order valence-corrected chi connectivity index (χ4v) is 1.46. The molecule has 10 nitrogen and oxygen atoms in total. The zero-order chi connectivity index (χ0) is 15.8. The maximum Gasteiger partial charge on any atom is 0.326 e. The Morgan fingerprint density at radius 2 is 2.24 bits per heavy atom. The van der Waals surface area contributed by atoms with Gasteiger partial charge in [0.25, 0.3) is 0 Å². The van der Waals surface area contributed by atoms with Crippen LogP contribution in [0.1, 0.15) is 6.42 Å². The van der Waals surface area contributed by atoms with Crippen LogP contribution in [0.25, 0.3) is 0 Å². The maximum absolute atomic E-state index is 11.6. The van der Waals surface area contributed by atoms with Crippen molar-refractivity contribution in [1.29, 1.82) is 0 Å². The standard InChI is InChI=1S/C11H17N5O5/c1-21-3-2-16-6-7(5-13-16)14-11(20)15-8(10(18)19)4-9(12)17/h5-6,8H,2-4H2,1H3,(H2,12,17)(H,18,19)(H2,14,15,20)/t8-/m1/s1. The van der Waals surface area contributed by atoms with E-state index in [4.69, 9.17) is 15.6 Å². The number of nitrogens with one attached hydrogen (secondary N) is 2. The van der Waals surface area contributed by atoms with Crippen LogP contribution in [0.4, 0.5) is 10.5 Å². The number of carbonyl (C=O) groups excluding carboxylic acids is 2. The van der Waals surface area contributed by atoms with Gasteiger partial charge in [-0.05, 0) is 0 Å². The lowest BCUT2D eigenvalue weighted by molar-refractivity contribution is -0.140. The molecule has 0 bridgehead atoms. The molecule has 0 saturated carbocycles. The minimum Gasteiger partial charge on any atom is -0.480 e. The van der Waals surface area contributed by atoms with Crippen LogP contribution in [0.15, 0.2) is 12.4 Å². The van der Waals surface area contributed by atoms with E-state index in [1.54, 1.807) is 18.0 Å². The first-order valence-corrected chi connectivity index (χ1v) is 6.02. The highest BCUT2D eigenvalue weighted by Gasteiger charge is 2.22. The lowest BCUT2D eigenvalue weighted by atomic mass is 10.2. The molecule has 0 aliphatic rings. The van der Waals surface area contributed by atoms with Crippen LogP contribution in [-0.4, -0.2) is 52.6 Å². The molecule has 0 saturated heterocycles. The third-order valence-electron chi connectivity index (χ3n) is 2.42. The van der Waals surface area contributed by atoms with E-state index in [0.29, 0.717) is 18.8 Å². The Bertz CT molecular complexity index is 515. The normalized spacial score (nSPS) is 11.7. The average Bonchev–Trinajstić information content (AvgIpc) is 2.82. The van der Waals surface area contributed by atoms with E-state index in [0.717, 1.165) is 0 Å². The minimum absolute atomic E-state index is 0.381. The van der Waals surface area contributed by atoms with Crippen LogP contribution in [0.2, 0.25) is 0 Å². The third-order valence-corrected chi connectivity index (χ3v) is 2.42. The zero-order valence-electron chi connectivity index (χ0n) is 11.4. The van der Waals surface area contributed by atoms with Gasteiger partial charge in [0, 0.05) is 13.3 Å². The van der Waals surface area contributed by atoms with Gasteiger partial charge in [0.15, 0.2) is 0 Å². The second-order valence-corrected chi connectivity index (χ2v) is 4.14. The van der Waals surface area contributed by atoms with Crippen molar-refractivity contribution in [3.05, 3.63) is 12.4 Å². The smallest absolute Gasteiger partial charge is 0.326 e. The number of urea groups is 1. The molecule has 1 atom stereocenters. The summed E-state index contributed by atoms with van der Waals surface area (Å²) in [6, 6.07) is -2.15. The Kier molecular flexibility index (Phi) is 6.14. The van der Waals surface area contributed by atoms with E-state index in [9.17, 15) is 14.4 Å². The van der Waals surface area contributed by atoms with Crippen molar-refractivity contribution in [2.75, 3.05) is 19.0 Å². The van der Waals surface area contributed by atoms with Gasteiger partial charge in [0.2, 0.25) is 5.91 Å². The number of aromatic nitrogens is 2. The highest BCUT2D eigenvalue weighted by molar-refractivity contribution is 5.93. The second-order valence-electron chi connectivity index (χ2n) is 4.14. The number of carboxylic acids is 1. The number of nitrogens with two attached hydrogens (primary N) is 1. The average molecular weight is 299 g/mol. The lowest BCUT2D eigenvalue weighted by Crippen LogP contribution is -2.45. The van der Waals surface area contributed by atoms with E-state index in [1.807, 2.05) is 0 Å². The van der Waals surface area contributed by atoms with Gasteiger partial charge < -0.3 is 26.2 Å². The fraction of sp³-hybridized carbons (Fsp3) is 0.455. The van der Waals surface area contributed by atoms with Gasteiger partial charge in [-0.1, -0.05) is 0 Å². The first-order valence-electron chi connectivity index (χ1n) is 6.02. The van der Waals surface area contributed by atoms with Crippen molar-refractivity contribution < 1.29 is 24.2 Å². The Morgan fingerprint density at radius 3 is 2.81 bits per heavy atom. The van der Waals surface area contributed by atoms with Gasteiger partial charge in [0.05, 0.1) is 31.5 Å². The number of carbonyl (C=O) groups is 3. The van der Waals surface area contributed by atoms with E-state index in [-0.39, 0.29) is 0 Å². The van der Waals surface area contributed by atoms with Crippen molar-refractivity contribution in [2.45, 2.75) is 19.0 Å². The molecule has 0 spiro atoms. The number of amides is 3. The number of primary amides is 1. The molecule has 116 valence electrons. The molecule has 1 rings (SSSR count). The van der Waals surface area contributed by atoms with Gasteiger partial charge in [-0.3, -0.25) is 9.48 Å². The Balaban J connectivity index is 2.53. The zero-order valence-corrected chi connectivity index (χ0v) is 11.4. The summed E-state index contributed by atoms with van der Waals surface area (Å²) in [4.78, 5) is 33.2. The maximum atomic E-state index is 11.6. The van der Waals surface area contributed by atoms with Crippen LogP contribution < -0.4 is 16.4 Å². The van der Waals surface area contributed by atoms with Gasteiger partial charge in [-0.15, -0.1) is 0 Å². The van der Waals surface area contributed by atoms with Crippen LogP contribution in [0.5, 0.6) is 0 Å². The molecular weight excluding hydrogens is 282 g/mol. The molecule has 1 aromatic rings. The number of hydrogen-bond acceptors (Lipinski definition) is 5. The minimum atomic E-state index is -1.38. The Morgan fingerprint density at radius 1 is 1.52 bits per heavy atom. The molecule has 5 N–H and O–H groups in total. The SMILES string of the molecule is COCCn1cc(NC(=O)N[C@H](CC(N)=O)C(=O)O)cn1. The summed E-state index contributed by atoms with van der Waals surface area (Å²) in [6.07, 6.45) is 2.47.